The van der Waals surface area contributed by atoms with Crippen molar-refractivity contribution < 1.29 is 9.53 Å². The Labute approximate surface area is 92.8 Å². The Morgan fingerprint density at radius 2 is 2.13 bits per heavy atom. The van der Waals surface area contributed by atoms with Gasteiger partial charge in [-0.2, -0.15) is 0 Å². The SMILES string of the molecule is CCC(C)CN(C)C(=O)CC(CN)OC. The number of hydrogen-bond donors (Lipinski definition) is 1. The average molecular weight is 216 g/mol. The summed E-state index contributed by atoms with van der Waals surface area (Å²) in [7, 11) is 3.41. The molecule has 0 aromatic carbocycles. The average Bonchev–Trinajstić information content (AvgIpc) is 2.24. The standard InChI is InChI=1S/C11H24N2O2/c1-5-9(2)8-13(3)11(14)6-10(7-12)15-4/h9-10H,5-8,12H2,1-4H3. The van der Waals surface area contributed by atoms with Gasteiger partial charge in [-0.15, -0.1) is 0 Å². The molecular weight excluding hydrogens is 192 g/mol. The number of hydrogen-bond acceptors (Lipinski definition) is 3. The quantitative estimate of drug-likeness (QED) is 0.686. The summed E-state index contributed by atoms with van der Waals surface area (Å²) < 4.78 is 5.08. The van der Waals surface area contributed by atoms with Gasteiger partial charge in [-0.25, -0.2) is 0 Å². The third-order valence-electron chi connectivity index (χ3n) is 2.71. The molecule has 0 saturated heterocycles. The van der Waals surface area contributed by atoms with Crippen LogP contribution in [0.15, 0.2) is 0 Å². The van der Waals surface area contributed by atoms with Crippen LogP contribution >= 0.6 is 0 Å². The third-order valence-corrected chi connectivity index (χ3v) is 2.71. The zero-order chi connectivity index (χ0) is 11.8. The Morgan fingerprint density at radius 1 is 1.53 bits per heavy atom. The van der Waals surface area contributed by atoms with Crippen molar-refractivity contribution in [1.82, 2.24) is 4.90 Å². The van der Waals surface area contributed by atoms with Gasteiger partial charge in [0.2, 0.25) is 5.91 Å². The van der Waals surface area contributed by atoms with E-state index in [1.165, 1.54) is 0 Å². The maximum Gasteiger partial charge on any atom is 0.224 e. The smallest absolute Gasteiger partial charge is 0.224 e. The van der Waals surface area contributed by atoms with Crippen molar-refractivity contribution in [3.05, 3.63) is 0 Å². The minimum atomic E-state index is -0.156. The lowest BCUT2D eigenvalue weighted by molar-refractivity contribution is -0.132. The molecule has 0 spiro atoms. The van der Waals surface area contributed by atoms with Crippen molar-refractivity contribution in [3.63, 3.8) is 0 Å². The number of nitrogens with two attached hydrogens (primary N) is 1. The Balaban J connectivity index is 3.97. The molecule has 15 heavy (non-hydrogen) atoms. The first-order valence-electron chi connectivity index (χ1n) is 5.51. The molecule has 0 aliphatic heterocycles. The number of rotatable bonds is 7. The molecule has 0 aliphatic carbocycles. The van der Waals surface area contributed by atoms with E-state index in [1.807, 2.05) is 7.05 Å². The fourth-order valence-electron chi connectivity index (χ4n) is 1.31. The second kappa shape index (κ2) is 7.65. The Bertz CT molecular complexity index is 181. The summed E-state index contributed by atoms with van der Waals surface area (Å²) in [5.41, 5.74) is 5.46. The van der Waals surface area contributed by atoms with E-state index >= 15 is 0 Å². The van der Waals surface area contributed by atoms with Crippen molar-refractivity contribution in [3.8, 4) is 0 Å². The van der Waals surface area contributed by atoms with E-state index in [4.69, 9.17) is 10.5 Å². The molecule has 0 saturated carbocycles. The minimum Gasteiger partial charge on any atom is -0.380 e. The molecule has 0 aliphatic rings. The van der Waals surface area contributed by atoms with Gasteiger partial charge in [0, 0.05) is 27.2 Å². The van der Waals surface area contributed by atoms with Crippen LogP contribution in [0.25, 0.3) is 0 Å². The molecule has 0 aromatic rings. The number of ether oxygens (including phenoxy) is 1. The molecule has 0 rings (SSSR count). The monoisotopic (exact) mass is 216 g/mol. The molecule has 4 nitrogen and oxygen atoms in total. The van der Waals surface area contributed by atoms with Crippen LogP contribution in [-0.4, -0.2) is 44.2 Å². The van der Waals surface area contributed by atoms with Gasteiger partial charge in [-0.3, -0.25) is 4.79 Å². The molecule has 0 fully saturated rings. The third kappa shape index (κ3) is 5.74. The number of nitrogens with zero attached hydrogens (tertiary/aromatic N) is 1. The number of carbonyl (C=O) groups is 1. The fourth-order valence-corrected chi connectivity index (χ4v) is 1.31. The first-order valence-corrected chi connectivity index (χ1v) is 5.51. The summed E-state index contributed by atoms with van der Waals surface area (Å²) >= 11 is 0. The van der Waals surface area contributed by atoms with E-state index in [-0.39, 0.29) is 12.0 Å². The van der Waals surface area contributed by atoms with Crippen LogP contribution in [0, 0.1) is 5.92 Å². The first-order chi connectivity index (χ1) is 7.04. The Kier molecular flexibility index (Phi) is 7.34. The molecule has 1 amide bonds. The van der Waals surface area contributed by atoms with E-state index in [2.05, 4.69) is 13.8 Å². The second-order valence-corrected chi connectivity index (χ2v) is 4.09. The van der Waals surface area contributed by atoms with E-state index in [9.17, 15) is 4.79 Å². The molecular formula is C11H24N2O2. The largest absolute Gasteiger partial charge is 0.380 e. The Morgan fingerprint density at radius 3 is 2.53 bits per heavy atom. The lowest BCUT2D eigenvalue weighted by Gasteiger charge is -2.22. The molecule has 0 radical (unpaired) electrons. The molecule has 2 atom stereocenters. The highest BCUT2D eigenvalue weighted by Crippen LogP contribution is 2.05. The van der Waals surface area contributed by atoms with Crippen LogP contribution in [0.2, 0.25) is 0 Å². The number of amides is 1. The van der Waals surface area contributed by atoms with Crippen molar-refractivity contribution in [2.75, 3.05) is 27.2 Å². The molecule has 4 heteroatoms. The van der Waals surface area contributed by atoms with Crippen LogP contribution in [0.4, 0.5) is 0 Å². The lowest BCUT2D eigenvalue weighted by Crippen LogP contribution is -2.35. The van der Waals surface area contributed by atoms with Crippen LogP contribution in [-0.2, 0) is 9.53 Å². The van der Waals surface area contributed by atoms with Gasteiger partial charge in [-0.05, 0) is 5.92 Å². The fraction of sp³-hybridized carbons (Fsp3) is 0.909. The molecule has 2 N–H and O–H groups in total. The maximum atomic E-state index is 11.7. The highest BCUT2D eigenvalue weighted by Gasteiger charge is 2.16. The topological polar surface area (TPSA) is 55.6 Å². The van der Waals surface area contributed by atoms with Crippen LogP contribution in [0.5, 0.6) is 0 Å². The summed E-state index contributed by atoms with van der Waals surface area (Å²) in [5, 5.41) is 0. The van der Waals surface area contributed by atoms with E-state index in [0.29, 0.717) is 18.9 Å². The number of carbonyl (C=O) groups excluding carboxylic acids is 1. The van der Waals surface area contributed by atoms with Gasteiger partial charge in [0.1, 0.15) is 0 Å². The van der Waals surface area contributed by atoms with Crippen molar-refractivity contribution in [2.45, 2.75) is 32.8 Å². The molecule has 2 unspecified atom stereocenters. The summed E-state index contributed by atoms with van der Waals surface area (Å²) in [6.45, 7) is 5.46. The molecule has 90 valence electrons. The van der Waals surface area contributed by atoms with Gasteiger partial charge in [0.15, 0.2) is 0 Å². The normalized spacial score (nSPS) is 14.7. The maximum absolute atomic E-state index is 11.7. The summed E-state index contributed by atoms with van der Waals surface area (Å²) in [4.78, 5) is 13.5. The van der Waals surface area contributed by atoms with Crippen molar-refractivity contribution in [1.29, 1.82) is 0 Å². The van der Waals surface area contributed by atoms with E-state index in [0.717, 1.165) is 13.0 Å². The lowest BCUT2D eigenvalue weighted by atomic mass is 10.1. The van der Waals surface area contributed by atoms with Gasteiger partial charge >= 0.3 is 0 Å². The summed E-state index contributed by atoms with van der Waals surface area (Å²) in [5.74, 6) is 0.644. The zero-order valence-corrected chi connectivity index (χ0v) is 10.3. The van der Waals surface area contributed by atoms with Crippen LogP contribution in [0.1, 0.15) is 26.7 Å². The highest BCUT2D eigenvalue weighted by molar-refractivity contribution is 5.76. The summed E-state index contributed by atoms with van der Waals surface area (Å²) in [6.07, 6.45) is 1.30. The second-order valence-electron chi connectivity index (χ2n) is 4.09. The van der Waals surface area contributed by atoms with E-state index < -0.39 is 0 Å². The first kappa shape index (κ1) is 14.4. The van der Waals surface area contributed by atoms with Crippen molar-refractivity contribution >= 4 is 5.91 Å². The van der Waals surface area contributed by atoms with Crippen LogP contribution < -0.4 is 5.73 Å². The van der Waals surface area contributed by atoms with Gasteiger partial charge < -0.3 is 15.4 Å². The number of methoxy groups -OCH3 is 1. The Hall–Kier alpha value is -0.610. The van der Waals surface area contributed by atoms with E-state index in [1.54, 1.807) is 12.0 Å². The summed E-state index contributed by atoms with van der Waals surface area (Å²) in [6, 6.07) is 0. The molecule has 0 heterocycles. The van der Waals surface area contributed by atoms with Crippen LogP contribution in [0.3, 0.4) is 0 Å². The predicted molar refractivity (Wildman–Crippen MR) is 61.6 cm³/mol. The van der Waals surface area contributed by atoms with Crippen molar-refractivity contribution in [2.24, 2.45) is 11.7 Å². The minimum absolute atomic E-state index is 0.104. The van der Waals surface area contributed by atoms with Gasteiger partial charge in [0.05, 0.1) is 12.5 Å². The molecule has 0 aromatic heterocycles. The zero-order valence-electron chi connectivity index (χ0n) is 10.3. The van der Waals surface area contributed by atoms with Gasteiger partial charge in [0.25, 0.3) is 0 Å². The molecule has 0 bridgehead atoms. The highest BCUT2D eigenvalue weighted by atomic mass is 16.5. The predicted octanol–water partition coefficient (Wildman–Crippen LogP) is 0.855. The van der Waals surface area contributed by atoms with Gasteiger partial charge in [-0.1, -0.05) is 20.3 Å².